The number of fused-ring (bicyclic) bond motifs is 1. The van der Waals surface area contributed by atoms with Crippen molar-refractivity contribution >= 4 is 11.0 Å². The van der Waals surface area contributed by atoms with Crippen LogP contribution in [0.3, 0.4) is 0 Å². The lowest BCUT2D eigenvalue weighted by atomic mass is 9.94. The maximum absolute atomic E-state index is 6.02. The minimum atomic E-state index is 0.272. The zero-order valence-corrected chi connectivity index (χ0v) is 12.4. The Morgan fingerprint density at radius 3 is 2.90 bits per heavy atom. The number of furan rings is 1. The monoisotopic (exact) mass is 269 g/mol. The summed E-state index contributed by atoms with van der Waals surface area (Å²) in [5, 5.41) is 4.88. The minimum absolute atomic E-state index is 0.272. The van der Waals surface area contributed by atoms with Gasteiger partial charge in [0.1, 0.15) is 11.3 Å². The van der Waals surface area contributed by atoms with Crippen molar-refractivity contribution in [1.82, 2.24) is 5.32 Å². The molecule has 1 aliphatic carbocycles. The van der Waals surface area contributed by atoms with Crippen LogP contribution in [0.25, 0.3) is 11.0 Å². The summed E-state index contributed by atoms with van der Waals surface area (Å²) in [5.74, 6) is 1.85. The van der Waals surface area contributed by atoms with Gasteiger partial charge in [0.25, 0.3) is 0 Å². The van der Waals surface area contributed by atoms with E-state index in [1.54, 1.807) is 0 Å². The summed E-state index contributed by atoms with van der Waals surface area (Å²) in [6, 6.07) is 8.55. The highest BCUT2D eigenvalue weighted by atomic mass is 16.3. The van der Waals surface area contributed by atoms with Crippen LogP contribution >= 0.6 is 0 Å². The molecule has 2 unspecified atom stereocenters. The standard InChI is InChI=1S/C18H23NO/c1-13-16-10-6-7-11-17(16)20-18(13)14(2)19-12-15-8-4-3-5-9-15/h3-4,6-7,10-11,14-15,19H,5,8-9,12H2,1-2H3. The molecule has 0 radical (unpaired) electrons. The van der Waals surface area contributed by atoms with Crippen LogP contribution in [0.15, 0.2) is 40.8 Å². The molecule has 2 aromatic rings. The number of allylic oxidation sites excluding steroid dienone is 2. The van der Waals surface area contributed by atoms with Gasteiger partial charge in [-0.25, -0.2) is 0 Å². The Hall–Kier alpha value is -1.54. The predicted octanol–water partition coefficient (Wildman–Crippen LogP) is 4.75. The molecule has 1 aliphatic rings. The van der Waals surface area contributed by atoms with Crippen LogP contribution in [0.2, 0.25) is 0 Å². The fraction of sp³-hybridized carbons (Fsp3) is 0.444. The summed E-state index contributed by atoms with van der Waals surface area (Å²) in [4.78, 5) is 0. The average Bonchev–Trinajstić information content (AvgIpc) is 2.84. The first kappa shape index (κ1) is 13.4. The van der Waals surface area contributed by atoms with Crippen LogP contribution in [-0.2, 0) is 0 Å². The molecule has 0 bridgehead atoms. The van der Waals surface area contributed by atoms with E-state index in [9.17, 15) is 0 Å². The van der Waals surface area contributed by atoms with Crippen molar-refractivity contribution < 1.29 is 4.42 Å². The average molecular weight is 269 g/mol. The maximum atomic E-state index is 6.02. The Morgan fingerprint density at radius 2 is 2.15 bits per heavy atom. The Labute approximate surface area is 120 Å². The molecule has 2 heteroatoms. The first-order chi connectivity index (χ1) is 9.75. The van der Waals surface area contributed by atoms with Crippen LogP contribution in [0.5, 0.6) is 0 Å². The lowest BCUT2D eigenvalue weighted by Crippen LogP contribution is -2.26. The smallest absolute Gasteiger partial charge is 0.134 e. The van der Waals surface area contributed by atoms with Gasteiger partial charge in [0.05, 0.1) is 6.04 Å². The van der Waals surface area contributed by atoms with Crippen molar-refractivity contribution in [3.63, 3.8) is 0 Å². The Kier molecular flexibility index (Phi) is 3.93. The maximum Gasteiger partial charge on any atom is 0.134 e. The van der Waals surface area contributed by atoms with Crippen molar-refractivity contribution in [3.05, 3.63) is 47.7 Å². The van der Waals surface area contributed by atoms with Crippen LogP contribution in [-0.4, -0.2) is 6.54 Å². The van der Waals surface area contributed by atoms with Gasteiger partial charge in [-0.05, 0) is 57.2 Å². The van der Waals surface area contributed by atoms with Gasteiger partial charge in [0, 0.05) is 5.39 Å². The number of rotatable bonds is 4. The van der Waals surface area contributed by atoms with Crippen molar-refractivity contribution in [3.8, 4) is 0 Å². The molecule has 2 atom stereocenters. The highest BCUT2D eigenvalue weighted by Crippen LogP contribution is 2.29. The van der Waals surface area contributed by atoms with Gasteiger partial charge in [-0.3, -0.25) is 0 Å². The normalized spacial score (nSPS) is 20.4. The van der Waals surface area contributed by atoms with E-state index < -0.39 is 0 Å². The third-order valence-corrected chi connectivity index (χ3v) is 4.36. The molecule has 20 heavy (non-hydrogen) atoms. The first-order valence-corrected chi connectivity index (χ1v) is 7.62. The summed E-state index contributed by atoms with van der Waals surface area (Å²) in [7, 11) is 0. The quantitative estimate of drug-likeness (QED) is 0.810. The molecule has 0 saturated heterocycles. The van der Waals surface area contributed by atoms with Crippen LogP contribution in [0.4, 0.5) is 0 Å². The summed E-state index contributed by atoms with van der Waals surface area (Å²) in [5.41, 5.74) is 2.26. The lowest BCUT2D eigenvalue weighted by Gasteiger charge is -2.20. The second-order valence-corrected chi connectivity index (χ2v) is 5.87. The van der Waals surface area contributed by atoms with E-state index in [-0.39, 0.29) is 6.04 Å². The highest BCUT2D eigenvalue weighted by molar-refractivity contribution is 5.82. The Morgan fingerprint density at radius 1 is 1.30 bits per heavy atom. The Balaban J connectivity index is 1.70. The Bertz CT molecular complexity index is 611. The number of hydrogen-bond donors (Lipinski definition) is 1. The molecule has 0 amide bonds. The van der Waals surface area contributed by atoms with Crippen molar-refractivity contribution in [2.45, 2.75) is 39.2 Å². The SMILES string of the molecule is Cc1c(C(C)NCC2CC=CCC2)oc2ccccc12. The number of para-hydroxylation sites is 1. The van der Waals surface area contributed by atoms with Gasteiger partial charge in [0.15, 0.2) is 0 Å². The molecule has 1 aromatic carbocycles. The van der Waals surface area contributed by atoms with Crippen LogP contribution in [0, 0.1) is 12.8 Å². The van der Waals surface area contributed by atoms with Gasteiger partial charge in [-0.15, -0.1) is 0 Å². The third kappa shape index (κ3) is 2.66. The second-order valence-electron chi connectivity index (χ2n) is 5.87. The van der Waals surface area contributed by atoms with E-state index in [0.29, 0.717) is 0 Å². The summed E-state index contributed by atoms with van der Waals surface area (Å²) < 4.78 is 6.02. The molecule has 106 valence electrons. The third-order valence-electron chi connectivity index (χ3n) is 4.36. The molecule has 0 spiro atoms. The minimum Gasteiger partial charge on any atom is -0.459 e. The van der Waals surface area contributed by atoms with Crippen LogP contribution < -0.4 is 5.32 Å². The van der Waals surface area contributed by atoms with E-state index in [0.717, 1.165) is 23.8 Å². The molecule has 1 heterocycles. The van der Waals surface area contributed by atoms with E-state index in [1.807, 2.05) is 12.1 Å². The molecule has 2 nitrogen and oxygen atoms in total. The number of aryl methyl sites for hydroxylation is 1. The molecule has 1 N–H and O–H groups in total. The van der Waals surface area contributed by atoms with Gasteiger partial charge in [-0.2, -0.15) is 0 Å². The second kappa shape index (κ2) is 5.84. The van der Waals surface area contributed by atoms with Gasteiger partial charge < -0.3 is 9.73 Å². The molecular weight excluding hydrogens is 246 g/mol. The van der Waals surface area contributed by atoms with E-state index in [4.69, 9.17) is 4.42 Å². The van der Waals surface area contributed by atoms with Gasteiger partial charge >= 0.3 is 0 Å². The zero-order chi connectivity index (χ0) is 13.9. The summed E-state index contributed by atoms with van der Waals surface area (Å²) in [6.07, 6.45) is 8.34. The van der Waals surface area contributed by atoms with E-state index >= 15 is 0 Å². The molecule has 3 rings (SSSR count). The van der Waals surface area contributed by atoms with Crippen molar-refractivity contribution in [2.75, 3.05) is 6.54 Å². The summed E-state index contributed by atoms with van der Waals surface area (Å²) in [6.45, 7) is 5.42. The van der Waals surface area contributed by atoms with Gasteiger partial charge in [-0.1, -0.05) is 30.4 Å². The number of hydrogen-bond acceptors (Lipinski definition) is 2. The van der Waals surface area contributed by atoms with Crippen LogP contribution in [0.1, 0.15) is 43.6 Å². The fourth-order valence-electron chi connectivity index (χ4n) is 3.08. The zero-order valence-electron chi connectivity index (χ0n) is 12.4. The molecule has 1 aromatic heterocycles. The highest BCUT2D eigenvalue weighted by Gasteiger charge is 2.17. The molecule has 0 saturated carbocycles. The number of nitrogens with one attached hydrogen (secondary N) is 1. The van der Waals surface area contributed by atoms with Gasteiger partial charge in [0.2, 0.25) is 0 Å². The van der Waals surface area contributed by atoms with E-state index in [1.165, 1.54) is 30.2 Å². The topological polar surface area (TPSA) is 25.2 Å². The van der Waals surface area contributed by atoms with Crippen molar-refractivity contribution in [2.24, 2.45) is 5.92 Å². The predicted molar refractivity (Wildman–Crippen MR) is 83.8 cm³/mol. The molecule has 0 fully saturated rings. The van der Waals surface area contributed by atoms with Crippen molar-refractivity contribution in [1.29, 1.82) is 0 Å². The lowest BCUT2D eigenvalue weighted by molar-refractivity contribution is 0.385. The molecular formula is C18H23NO. The van der Waals surface area contributed by atoms with E-state index in [2.05, 4.69) is 43.4 Å². The number of benzene rings is 1. The molecule has 0 aliphatic heterocycles. The fourth-order valence-corrected chi connectivity index (χ4v) is 3.08. The largest absolute Gasteiger partial charge is 0.459 e. The first-order valence-electron chi connectivity index (χ1n) is 7.62. The summed E-state index contributed by atoms with van der Waals surface area (Å²) >= 11 is 0.